The molecule has 220 valence electrons. The Morgan fingerprint density at radius 3 is 2.14 bits per heavy atom. The van der Waals surface area contributed by atoms with Crippen molar-refractivity contribution < 1.29 is 19.6 Å². The van der Waals surface area contributed by atoms with Gasteiger partial charge in [0.25, 0.3) is 0 Å². The fraction of sp³-hybridized carbons (Fsp3) is 0.344. The van der Waals surface area contributed by atoms with E-state index < -0.39 is 5.41 Å². The summed E-state index contributed by atoms with van der Waals surface area (Å²) in [4.78, 5) is 40.6. The zero-order valence-corrected chi connectivity index (χ0v) is 24.5. The average molecular weight is 571 g/mol. The molecule has 0 unspecified atom stereocenters. The molecule has 4 rings (SSSR count). The Bertz CT molecular complexity index is 1570. The molecular formula is C32H38N6O4. The van der Waals surface area contributed by atoms with E-state index in [9.17, 15) is 14.4 Å². The van der Waals surface area contributed by atoms with Crippen molar-refractivity contribution in [2.24, 2.45) is 5.41 Å². The molecular weight excluding hydrogens is 532 g/mol. The number of hydrogen-bond acceptors (Lipinski definition) is 6. The number of fused-ring (bicyclic) bond motifs is 1. The summed E-state index contributed by atoms with van der Waals surface area (Å²) in [6.45, 7) is 7.61. The lowest BCUT2D eigenvalue weighted by Crippen LogP contribution is -2.27. The molecule has 3 amide bonds. The van der Waals surface area contributed by atoms with Crippen LogP contribution in [0.1, 0.15) is 64.9 Å². The van der Waals surface area contributed by atoms with Crippen molar-refractivity contribution in [1.29, 1.82) is 0 Å². The molecule has 2 heterocycles. The Morgan fingerprint density at radius 1 is 0.810 bits per heavy atom. The Morgan fingerprint density at radius 2 is 1.48 bits per heavy atom. The summed E-state index contributed by atoms with van der Waals surface area (Å²) >= 11 is 0. The zero-order chi connectivity index (χ0) is 30.3. The van der Waals surface area contributed by atoms with Crippen LogP contribution in [0.4, 0.5) is 11.4 Å². The second-order valence-corrected chi connectivity index (χ2v) is 11.5. The number of aromatic nitrogens is 3. The molecule has 2 aromatic carbocycles. The van der Waals surface area contributed by atoms with E-state index in [1.54, 1.807) is 10.00 Å². The van der Waals surface area contributed by atoms with Gasteiger partial charge in [0.05, 0.1) is 17.6 Å². The van der Waals surface area contributed by atoms with Crippen molar-refractivity contribution in [3.63, 3.8) is 0 Å². The van der Waals surface area contributed by atoms with Gasteiger partial charge in [0.2, 0.25) is 17.7 Å². The van der Waals surface area contributed by atoms with Gasteiger partial charge >= 0.3 is 0 Å². The van der Waals surface area contributed by atoms with Gasteiger partial charge in [-0.05, 0) is 55.7 Å². The fourth-order valence-electron chi connectivity index (χ4n) is 4.33. The van der Waals surface area contributed by atoms with Crippen molar-refractivity contribution in [2.45, 2.75) is 66.2 Å². The minimum Gasteiger partial charge on any atom is -0.326 e. The van der Waals surface area contributed by atoms with Crippen molar-refractivity contribution in [1.82, 2.24) is 20.1 Å². The molecule has 0 aliphatic rings. The number of unbranched alkanes of at least 4 members (excludes halogenated alkanes) is 3. The largest absolute Gasteiger partial charge is 0.326 e. The zero-order valence-electron chi connectivity index (χ0n) is 24.5. The number of hydroxylamine groups is 1. The molecule has 42 heavy (non-hydrogen) atoms. The van der Waals surface area contributed by atoms with Crippen LogP contribution in [0.2, 0.25) is 0 Å². The van der Waals surface area contributed by atoms with Gasteiger partial charge in [0.1, 0.15) is 0 Å². The second-order valence-electron chi connectivity index (χ2n) is 11.5. The monoisotopic (exact) mass is 570 g/mol. The van der Waals surface area contributed by atoms with Gasteiger partial charge in [-0.1, -0.05) is 57.9 Å². The molecule has 4 aromatic rings. The third-order valence-corrected chi connectivity index (χ3v) is 6.93. The van der Waals surface area contributed by atoms with Gasteiger partial charge in [-0.2, -0.15) is 5.10 Å². The molecule has 2 aromatic heterocycles. The van der Waals surface area contributed by atoms with E-state index in [1.807, 2.05) is 88.5 Å². The van der Waals surface area contributed by atoms with Crippen molar-refractivity contribution >= 4 is 34.7 Å². The van der Waals surface area contributed by atoms with Crippen LogP contribution in [0.25, 0.3) is 28.2 Å². The third-order valence-electron chi connectivity index (χ3n) is 6.93. The topological polar surface area (TPSA) is 138 Å². The minimum absolute atomic E-state index is 0.0475. The number of anilines is 2. The van der Waals surface area contributed by atoms with Crippen LogP contribution in [0.3, 0.4) is 0 Å². The molecule has 0 saturated carbocycles. The number of hydrogen-bond donors (Lipinski definition) is 4. The first-order chi connectivity index (χ1) is 20.0. The standard InChI is InChI=1S/C32H38N6O4/c1-21-11-12-23(19-26(21)35-31(41)32(2,3)4)27-20-38-28(34-27)18-17-25(36-38)22-13-15-24(16-14-22)33-29(39)9-7-5-6-8-10-30(40)37-42/h11-20,42H,5-10H2,1-4H3,(H,33,39)(H,35,41)(H,37,40). The summed E-state index contributed by atoms with van der Waals surface area (Å²) in [7, 11) is 0. The quantitative estimate of drug-likeness (QED) is 0.0971. The first-order valence-electron chi connectivity index (χ1n) is 14.2. The highest BCUT2D eigenvalue weighted by molar-refractivity contribution is 5.95. The summed E-state index contributed by atoms with van der Waals surface area (Å²) in [5, 5.41) is 19.2. The lowest BCUT2D eigenvalue weighted by molar-refractivity contribution is -0.129. The normalized spacial score (nSPS) is 11.4. The lowest BCUT2D eigenvalue weighted by atomic mass is 9.95. The first kappa shape index (κ1) is 30.4. The number of amides is 3. The predicted octanol–water partition coefficient (Wildman–Crippen LogP) is 6.14. The molecule has 0 fully saturated rings. The predicted molar refractivity (Wildman–Crippen MR) is 163 cm³/mol. The highest BCUT2D eigenvalue weighted by Crippen LogP contribution is 2.28. The molecule has 0 radical (unpaired) electrons. The third kappa shape index (κ3) is 8.01. The summed E-state index contributed by atoms with van der Waals surface area (Å²) < 4.78 is 1.74. The van der Waals surface area contributed by atoms with E-state index in [2.05, 4.69) is 10.6 Å². The SMILES string of the molecule is Cc1ccc(-c2cn3nc(-c4ccc(NC(=O)CCCCCCC(=O)NO)cc4)ccc3n2)cc1NC(=O)C(C)(C)C. The van der Waals surface area contributed by atoms with Crippen molar-refractivity contribution in [3.05, 3.63) is 66.4 Å². The maximum atomic E-state index is 12.5. The van der Waals surface area contributed by atoms with Gasteiger partial charge in [-0.3, -0.25) is 19.6 Å². The van der Waals surface area contributed by atoms with Crippen LogP contribution in [-0.4, -0.2) is 37.5 Å². The molecule has 0 spiro atoms. The van der Waals surface area contributed by atoms with Gasteiger partial charge in [-0.15, -0.1) is 0 Å². The number of carbonyl (C=O) groups is 3. The molecule has 0 bridgehead atoms. The lowest BCUT2D eigenvalue weighted by Gasteiger charge is -2.19. The fourth-order valence-corrected chi connectivity index (χ4v) is 4.33. The van der Waals surface area contributed by atoms with E-state index in [1.165, 1.54) is 0 Å². The van der Waals surface area contributed by atoms with E-state index in [-0.39, 0.29) is 24.1 Å². The number of carbonyl (C=O) groups excluding carboxylic acids is 3. The summed E-state index contributed by atoms with van der Waals surface area (Å²) in [6.07, 6.45) is 5.64. The second kappa shape index (κ2) is 13.4. The summed E-state index contributed by atoms with van der Waals surface area (Å²) in [6, 6.07) is 17.2. The molecule has 0 atom stereocenters. The van der Waals surface area contributed by atoms with Crippen LogP contribution in [0, 0.1) is 12.3 Å². The van der Waals surface area contributed by atoms with Gasteiger partial charge in [-0.25, -0.2) is 15.0 Å². The van der Waals surface area contributed by atoms with E-state index in [0.717, 1.165) is 53.0 Å². The van der Waals surface area contributed by atoms with Gasteiger partial charge in [0.15, 0.2) is 5.65 Å². The van der Waals surface area contributed by atoms with E-state index in [4.69, 9.17) is 15.3 Å². The smallest absolute Gasteiger partial charge is 0.243 e. The molecule has 0 aliphatic carbocycles. The maximum absolute atomic E-state index is 12.5. The van der Waals surface area contributed by atoms with Crippen molar-refractivity contribution in [2.75, 3.05) is 10.6 Å². The average Bonchev–Trinajstić information content (AvgIpc) is 3.39. The first-order valence-corrected chi connectivity index (χ1v) is 14.2. The molecule has 0 saturated heterocycles. The Kier molecular flexibility index (Phi) is 9.69. The van der Waals surface area contributed by atoms with E-state index in [0.29, 0.717) is 24.2 Å². The Balaban J connectivity index is 1.38. The molecule has 10 nitrogen and oxygen atoms in total. The Labute approximate surface area is 245 Å². The van der Waals surface area contributed by atoms with E-state index >= 15 is 0 Å². The maximum Gasteiger partial charge on any atom is 0.243 e. The molecule has 10 heteroatoms. The van der Waals surface area contributed by atoms with Crippen LogP contribution in [0.5, 0.6) is 0 Å². The van der Waals surface area contributed by atoms with Crippen LogP contribution >= 0.6 is 0 Å². The number of aryl methyl sites for hydroxylation is 1. The van der Waals surface area contributed by atoms with Crippen molar-refractivity contribution in [3.8, 4) is 22.5 Å². The molecule has 0 aliphatic heterocycles. The Hall–Kier alpha value is -4.57. The number of nitrogens with one attached hydrogen (secondary N) is 3. The highest BCUT2D eigenvalue weighted by Gasteiger charge is 2.22. The van der Waals surface area contributed by atoms with Gasteiger partial charge < -0.3 is 10.6 Å². The number of nitrogens with zero attached hydrogens (tertiary/aromatic N) is 3. The molecule has 4 N–H and O–H groups in total. The number of imidazole rings is 1. The number of benzene rings is 2. The van der Waals surface area contributed by atoms with Crippen LogP contribution in [0.15, 0.2) is 60.8 Å². The van der Waals surface area contributed by atoms with Gasteiger partial charge in [0, 0.05) is 40.8 Å². The number of rotatable bonds is 11. The highest BCUT2D eigenvalue weighted by atomic mass is 16.5. The summed E-state index contributed by atoms with van der Waals surface area (Å²) in [5.41, 5.74) is 7.57. The minimum atomic E-state index is -0.500. The van der Waals surface area contributed by atoms with Crippen LogP contribution < -0.4 is 16.1 Å². The summed E-state index contributed by atoms with van der Waals surface area (Å²) in [5.74, 6) is -0.492. The van der Waals surface area contributed by atoms with Crippen LogP contribution in [-0.2, 0) is 14.4 Å².